The van der Waals surface area contributed by atoms with Gasteiger partial charge in [-0.25, -0.2) is 0 Å². The van der Waals surface area contributed by atoms with Gasteiger partial charge < -0.3 is 21.1 Å². The van der Waals surface area contributed by atoms with Crippen molar-refractivity contribution >= 4 is 28.3 Å². The average molecular weight is 286 g/mol. The van der Waals surface area contributed by atoms with Gasteiger partial charge in [0.1, 0.15) is 10.6 Å². The van der Waals surface area contributed by atoms with Crippen LogP contribution in [-0.2, 0) is 4.74 Å². The number of nitrogen functional groups attached to an aromatic ring is 1. The molecule has 0 saturated heterocycles. The van der Waals surface area contributed by atoms with Crippen molar-refractivity contribution in [2.75, 3.05) is 24.2 Å². The summed E-state index contributed by atoms with van der Waals surface area (Å²) in [5.41, 5.74) is 6.16. The fourth-order valence-corrected chi connectivity index (χ4v) is 2.17. The zero-order chi connectivity index (χ0) is 14.4. The van der Waals surface area contributed by atoms with Gasteiger partial charge >= 0.3 is 0 Å². The Kier molecular flexibility index (Phi) is 6.04. The fraction of sp³-hybridized carbons (Fsp3) is 0.667. The van der Waals surface area contributed by atoms with E-state index in [0.717, 1.165) is 0 Å². The molecular formula is C12H22N4O2S. The summed E-state index contributed by atoms with van der Waals surface area (Å²) in [6.07, 6.45) is 0.192. The third-order valence-corrected chi connectivity index (χ3v) is 3.02. The minimum Gasteiger partial charge on any atom is -0.382 e. The average Bonchev–Trinajstić information content (AvgIpc) is 2.65. The standard InChI is InChI=1S/C12H22N4O2S/c1-7(2)15-11(17)9-10(13)16-19-12(9)14-5-6-18-8(3)4/h7-8,14H,5-6H2,1-4H3,(H2,13,16)(H,15,17). The second-order valence-electron chi connectivity index (χ2n) is 4.75. The highest BCUT2D eigenvalue weighted by molar-refractivity contribution is 7.11. The normalized spacial score (nSPS) is 11.1. The minimum atomic E-state index is -0.200. The molecule has 7 heteroatoms. The molecule has 0 aliphatic carbocycles. The molecule has 1 heterocycles. The Morgan fingerprint density at radius 3 is 2.68 bits per heavy atom. The van der Waals surface area contributed by atoms with Crippen LogP contribution in [0.5, 0.6) is 0 Å². The predicted octanol–water partition coefficient (Wildman–Crippen LogP) is 1.70. The number of carbonyl (C=O) groups is 1. The molecule has 6 nitrogen and oxygen atoms in total. The summed E-state index contributed by atoms with van der Waals surface area (Å²) in [5.74, 6) is 0.0592. The summed E-state index contributed by atoms with van der Waals surface area (Å²) in [6.45, 7) is 8.94. The van der Waals surface area contributed by atoms with E-state index in [4.69, 9.17) is 10.5 Å². The molecule has 1 rings (SSSR count). The number of carbonyl (C=O) groups excluding carboxylic acids is 1. The van der Waals surface area contributed by atoms with E-state index in [2.05, 4.69) is 15.0 Å². The lowest BCUT2D eigenvalue weighted by Gasteiger charge is -2.11. The number of hydrogen-bond donors (Lipinski definition) is 3. The minimum absolute atomic E-state index is 0.0592. The van der Waals surface area contributed by atoms with Crippen LogP contribution >= 0.6 is 11.5 Å². The summed E-state index contributed by atoms with van der Waals surface area (Å²) in [6, 6.07) is 0.0592. The molecule has 1 aromatic rings. The van der Waals surface area contributed by atoms with Crippen molar-refractivity contribution in [1.29, 1.82) is 0 Å². The van der Waals surface area contributed by atoms with Crippen molar-refractivity contribution < 1.29 is 9.53 Å². The number of amides is 1. The van der Waals surface area contributed by atoms with Crippen molar-refractivity contribution in [2.24, 2.45) is 0 Å². The molecule has 0 unspecified atom stereocenters. The van der Waals surface area contributed by atoms with Gasteiger partial charge in [-0.3, -0.25) is 4.79 Å². The van der Waals surface area contributed by atoms with Crippen LogP contribution in [0.3, 0.4) is 0 Å². The molecule has 0 saturated carbocycles. The zero-order valence-electron chi connectivity index (χ0n) is 11.8. The Hall–Kier alpha value is -1.34. The van der Waals surface area contributed by atoms with Crippen LogP contribution < -0.4 is 16.4 Å². The Balaban J connectivity index is 2.61. The van der Waals surface area contributed by atoms with Gasteiger partial charge in [-0.1, -0.05) is 0 Å². The maximum Gasteiger partial charge on any atom is 0.258 e. The van der Waals surface area contributed by atoms with Gasteiger partial charge in [0.2, 0.25) is 0 Å². The van der Waals surface area contributed by atoms with Crippen LogP contribution in [0.2, 0.25) is 0 Å². The first-order chi connectivity index (χ1) is 8.91. The molecule has 0 aromatic carbocycles. The number of ether oxygens (including phenoxy) is 1. The summed E-state index contributed by atoms with van der Waals surface area (Å²) in [5, 5.41) is 6.63. The van der Waals surface area contributed by atoms with E-state index >= 15 is 0 Å². The number of rotatable bonds is 7. The molecule has 0 atom stereocenters. The molecule has 0 aliphatic rings. The smallest absolute Gasteiger partial charge is 0.258 e. The highest BCUT2D eigenvalue weighted by Crippen LogP contribution is 2.26. The molecule has 19 heavy (non-hydrogen) atoms. The van der Waals surface area contributed by atoms with Gasteiger partial charge in [0, 0.05) is 12.6 Å². The van der Waals surface area contributed by atoms with Crippen molar-refractivity contribution in [2.45, 2.75) is 39.8 Å². The van der Waals surface area contributed by atoms with Crippen molar-refractivity contribution in [3.8, 4) is 0 Å². The maximum atomic E-state index is 12.0. The van der Waals surface area contributed by atoms with E-state index in [0.29, 0.717) is 23.7 Å². The van der Waals surface area contributed by atoms with Crippen molar-refractivity contribution in [3.63, 3.8) is 0 Å². The first-order valence-corrected chi connectivity index (χ1v) is 7.10. The molecule has 0 radical (unpaired) electrons. The largest absolute Gasteiger partial charge is 0.382 e. The van der Waals surface area contributed by atoms with E-state index in [1.165, 1.54) is 11.5 Å². The van der Waals surface area contributed by atoms with Crippen LogP contribution in [0.25, 0.3) is 0 Å². The second-order valence-corrected chi connectivity index (χ2v) is 5.52. The van der Waals surface area contributed by atoms with Crippen LogP contribution in [0.15, 0.2) is 0 Å². The number of nitrogens with one attached hydrogen (secondary N) is 2. The van der Waals surface area contributed by atoms with Gasteiger partial charge in [0.05, 0.1) is 12.7 Å². The fourth-order valence-electron chi connectivity index (χ4n) is 1.44. The van der Waals surface area contributed by atoms with Crippen molar-refractivity contribution in [3.05, 3.63) is 5.56 Å². The van der Waals surface area contributed by atoms with Crippen LogP contribution in [0.1, 0.15) is 38.1 Å². The van der Waals surface area contributed by atoms with Gasteiger partial charge in [-0.2, -0.15) is 4.37 Å². The summed E-state index contributed by atoms with van der Waals surface area (Å²) >= 11 is 1.19. The summed E-state index contributed by atoms with van der Waals surface area (Å²) in [4.78, 5) is 12.0. The van der Waals surface area contributed by atoms with Crippen molar-refractivity contribution in [1.82, 2.24) is 9.69 Å². The molecular weight excluding hydrogens is 264 g/mol. The van der Waals surface area contributed by atoms with E-state index in [1.54, 1.807) is 0 Å². The van der Waals surface area contributed by atoms with Crippen LogP contribution in [0, 0.1) is 0 Å². The number of aromatic nitrogens is 1. The Bertz CT molecular complexity index is 418. The van der Waals surface area contributed by atoms with Gasteiger partial charge in [0.25, 0.3) is 5.91 Å². The lowest BCUT2D eigenvalue weighted by molar-refractivity contribution is 0.0869. The molecule has 0 fully saturated rings. The molecule has 108 valence electrons. The Labute approximate surface area is 117 Å². The predicted molar refractivity (Wildman–Crippen MR) is 78.7 cm³/mol. The molecule has 0 spiro atoms. The zero-order valence-corrected chi connectivity index (χ0v) is 12.6. The number of nitrogens with zero attached hydrogens (tertiary/aromatic N) is 1. The van der Waals surface area contributed by atoms with Gasteiger partial charge in [0.15, 0.2) is 5.82 Å². The topological polar surface area (TPSA) is 89.3 Å². The Morgan fingerprint density at radius 2 is 2.11 bits per heavy atom. The monoisotopic (exact) mass is 286 g/mol. The third-order valence-electron chi connectivity index (χ3n) is 2.20. The molecule has 0 aliphatic heterocycles. The first-order valence-electron chi connectivity index (χ1n) is 6.33. The quantitative estimate of drug-likeness (QED) is 0.664. The molecule has 1 aromatic heterocycles. The molecule has 4 N–H and O–H groups in total. The molecule has 1 amide bonds. The second kappa shape index (κ2) is 7.30. The maximum absolute atomic E-state index is 12.0. The van der Waals surface area contributed by atoms with Gasteiger partial charge in [-0.05, 0) is 39.2 Å². The number of anilines is 2. The number of nitrogens with two attached hydrogens (primary N) is 1. The van der Waals surface area contributed by atoms with Crippen LogP contribution in [0.4, 0.5) is 10.8 Å². The third kappa shape index (κ3) is 5.04. The Morgan fingerprint density at radius 1 is 1.42 bits per heavy atom. The van der Waals surface area contributed by atoms with E-state index in [9.17, 15) is 4.79 Å². The van der Waals surface area contributed by atoms with Crippen LogP contribution in [-0.4, -0.2) is 35.6 Å². The first kappa shape index (κ1) is 15.7. The van der Waals surface area contributed by atoms with E-state index < -0.39 is 0 Å². The van der Waals surface area contributed by atoms with E-state index in [-0.39, 0.29) is 23.9 Å². The summed E-state index contributed by atoms with van der Waals surface area (Å²) in [7, 11) is 0. The molecule has 0 bridgehead atoms. The SMILES string of the molecule is CC(C)NC(=O)c1c(N)nsc1NCCOC(C)C. The lowest BCUT2D eigenvalue weighted by Crippen LogP contribution is -2.31. The van der Waals surface area contributed by atoms with E-state index in [1.807, 2.05) is 27.7 Å². The number of hydrogen-bond acceptors (Lipinski definition) is 6. The van der Waals surface area contributed by atoms with Gasteiger partial charge in [-0.15, -0.1) is 0 Å². The lowest BCUT2D eigenvalue weighted by atomic mass is 10.2. The summed E-state index contributed by atoms with van der Waals surface area (Å²) < 4.78 is 9.44. The highest BCUT2D eigenvalue weighted by Gasteiger charge is 2.19. The highest BCUT2D eigenvalue weighted by atomic mass is 32.1.